The SMILES string of the molecule is CCNC(=O)[C@@H]1CCCN1C(=O)[C@H](CCCN=C(N)N)NC(=O)[C@H](CC(C)C)NC(=O)CNC(=O)[C@H](Cc1ccc(O)cc1)NC(=O)CNC(=O)[C@H](Cc1ccccc1)NC(=O)[C@H](Cc1cnc[nH]1)NC(=O)[C@@H](N)CCC(=O)O. The number of likely N-dealkylation sites (tertiary alicyclic amines) is 1. The molecule has 1 fully saturated rings. The molecule has 0 saturated carbocycles. The van der Waals surface area contributed by atoms with Gasteiger partial charge in [-0.05, 0) is 74.6 Å². The summed E-state index contributed by atoms with van der Waals surface area (Å²) in [5.41, 5.74) is 18.4. The largest absolute Gasteiger partial charge is 0.508 e. The Hall–Kier alpha value is -8.62. The van der Waals surface area contributed by atoms with Gasteiger partial charge in [0, 0.05) is 57.2 Å². The summed E-state index contributed by atoms with van der Waals surface area (Å²) >= 11 is 0. The van der Waals surface area contributed by atoms with Crippen LogP contribution in [0.15, 0.2) is 72.1 Å². The number of hydrogen-bond donors (Lipinski definition) is 14. The van der Waals surface area contributed by atoms with Crippen molar-refractivity contribution < 1.29 is 58.2 Å². The van der Waals surface area contributed by atoms with Gasteiger partial charge in [-0.1, -0.05) is 56.3 Å². The Kier molecular flexibility index (Phi) is 25.6. The summed E-state index contributed by atoms with van der Waals surface area (Å²) in [6, 6.07) is 6.02. The van der Waals surface area contributed by atoms with Crippen LogP contribution in [0.25, 0.3) is 0 Å². The lowest BCUT2D eigenvalue weighted by Crippen LogP contribution is -2.58. The molecule has 0 aliphatic carbocycles. The van der Waals surface area contributed by atoms with Crippen LogP contribution in [-0.2, 0) is 67.2 Å². The second-order valence-corrected chi connectivity index (χ2v) is 19.4. The molecule has 0 unspecified atom stereocenters. The molecular formula is C52H75N15O12. The highest BCUT2D eigenvalue weighted by molar-refractivity contribution is 5.97. The van der Waals surface area contributed by atoms with E-state index in [-0.39, 0.29) is 75.0 Å². The maximum absolute atomic E-state index is 14.0. The fourth-order valence-electron chi connectivity index (χ4n) is 8.53. The number of H-pyrrole nitrogens is 1. The number of guanidine groups is 1. The Morgan fingerprint density at radius 1 is 0.722 bits per heavy atom. The Labute approximate surface area is 457 Å². The first-order chi connectivity index (χ1) is 37.6. The van der Waals surface area contributed by atoms with Crippen molar-refractivity contribution in [3.05, 3.63) is 83.9 Å². The summed E-state index contributed by atoms with van der Waals surface area (Å²) in [6.07, 6.45) is 3.34. The zero-order valence-electron chi connectivity index (χ0n) is 44.6. The molecule has 1 saturated heterocycles. The third-order valence-electron chi connectivity index (χ3n) is 12.5. The standard InChI is InChI=1S/C52H75N15O12/c1-4-57-50(78)41-13-9-21-67(41)51(79)36(12-8-20-58-52(54)55)64-48(76)37(22-30(2)3)62-42(69)27-59-46(74)38(24-32-14-16-34(68)17-15-32)63-43(70)28-60-47(75)39(23-31-10-6-5-7-11-31)66-49(77)40(25-33-26-56-29-61-33)65-45(73)35(53)18-19-44(71)72/h5-7,10-11,14-17,26,29-30,35-41,68H,4,8-9,12-13,18-25,27-28,53H2,1-3H3,(H,56,61)(H,57,78)(H,59,74)(H,60,75)(H,62,69)(H,63,70)(H,64,76)(H,65,73)(H,66,77)(H,71,72)(H4,54,55,58)/t35-,36-,37-,38-,39-,40-,41-/m0/s1. The predicted molar refractivity (Wildman–Crippen MR) is 288 cm³/mol. The van der Waals surface area contributed by atoms with Gasteiger partial charge in [-0.3, -0.25) is 52.9 Å². The summed E-state index contributed by atoms with van der Waals surface area (Å²) in [5, 5.41) is 39.9. The summed E-state index contributed by atoms with van der Waals surface area (Å²) in [4.78, 5) is 146. The molecule has 1 aliphatic rings. The third-order valence-corrected chi connectivity index (χ3v) is 12.5. The molecule has 1 aliphatic heterocycles. The number of imidazole rings is 1. The maximum Gasteiger partial charge on any atom is 0.303 e. The van der Waals surface area contributed by atoms with Crippen molar-refractivity contribution in [2.45, 2.75) is 127 Å². The number of aromatic hydroxyl groups is 1. The Morgan fingerprint density at radius 3 is 1.87 bits per heavy atom. The average molecular weight is 1100 g/mol. The number of phenols is 1. The normalized spacial score (nSPS) is 15.2. The first kappa shape index (κ1) is 62.9. The van der Waals surface area contributed by atoms with E-state index in [1.807, 2.05) is 13.8 Å². The highest BCUT2D eigenvalue weighted by atomic mass is 16.4. The third kappa shape index (κ3) is 22.1. The van der Waals surface area contributed by atoms with E-state index in [0.29, 0.717) is 42.8 Å². The minimum absolute atomic E-state index is 0.0686. The van der Waals surface area contributed by atoms with Crippen molar-refractivity contribution in [2.24, 2.45) is 28.1 Å². The number of aromatic amines is 1. The van der Waals surface area contributed by atoms with E-state index >= 15 is 0 Å². The van der Waals surface area contributed by atoms with Crippen LogP contribution in [0.5, 0.6) is 5.75 Å². The van der Waals surface area contributed by atoms with E-state index in [4.69, 9.17) is 22.3 Å². The number of nitrogens with one attached hydrogen (secondary N) is 9. The molecule has 0 bridgehead atoms. The molecule has 4 rings (SSSR count). The summed E-state index contributed by atoms with van der Waals surface area (Å²) < 4.78 is 0. The van der Waals surface area contributed by atoms with Crippen LogP contribution >= 0.6 is 0 Å². The lowest BCUT2D eigenvalue weighted by Gasteiger charge is -2.30. The number of hydrogen-bond acceptors (Lipinski definition) is 14. The summed E-state index contributed by atoms with van der Waals surface area (Å²) in [5.74, 6) is -7.97. The molecular weight excluding hydrogens is 1030 g/mol. The number of benzene rings is 2. The van der Waals surface area contributed by atoms with Gasteiger partial charge < -0.3 is 79.8 Å². The van der Waals surface area contributed by atoms with Crippen molar-refractivity contribution in [3.63, 3.8) is 0 Å². The number of aromatic nitrogens is 2. The summed E-state index contributed by atoms with van der Waals surface area (Å²) in [7, 11) is 0. The van der Waals surface area contributed by atoms with Gasteiger partial charge in [-0.15, -0.1) is 0 Å². The molecule has 27 heteroatoms. The Balaban J connectivity index is 1.46. The molecule has 1 aromatic heterocycles. The average Bonchev–Trinajstić information content (AvgIpc) is 4.19. The monoisotopic (exact) mass is 1100 g/mol. The van der Waals surface area contributed by atoms with Crippen molar-refractivity contribution >= 4 is 65.1 Å². The van der Waals surface area contributed by atoms with Crippen LogP contribution in [0, 0.1) is 5.92 Å². The molecule has 0 spiro atoms. The van der Waals surface area contributed by atoms with Gasteiger partial charge in [0.25, 0.3) is 0 Å². The van der Waals surface area contributed by atoms with E-state index in [2.05, 4.69) is 57.5 Å². The molecule has 27 nitrogen and oxygen atoms in total. The molecule has 0 radical (unpaired) electrons. The minimum Gasteiger partial charge on any atom is -0.508 e. The molecule has 3 aromatic rings. The van der Waals surface area contributed by atoms with Gasteiger partial charge >= 0.3 is 5.97 Å². The van der Waals surface area contributed by atoms with E-state index in [0.717, 1.165) is 0 Å². The minimum atomic E-state index is -1.37. The van der Waals surface area contributed by atoms with E-state index in [1.165, 1.54) is 41.7 Å². The highest BCUT2D eigenvalue weighted by Gasteiger charge is 2.38. The Morgan fingerprint density at radius 2 is 1.29 bits per heavy atom. The number of likely N-dealkylation sites (N-methyl/N-ethyl adjacent to an activating group) is 1. The number of nitrogens with two attached hydrogens (primary N) is 3. The maximum atomic E-state index is 14.0. The highest BCUT2D eigenvalue weighted by Crippen LogP contribution is 2.20. The topological polar surface area (TPSA) is 430 Å². The lowest BCUT2D eigenvalue weighted by molar-refractivity contribution is -0.142. The van der Waals surface area contributed by atoms with Gasteiger partial charge in [0.1, 0.15) is 42.0 Å². The number of carboxylic acids is 1. The van der Waals surface area contributed by atoms with Crippen molar-refractivity contribution in [1.29, 1.82) is 0 Å². The van der Waals surface area contributed by atoms with Crippen LogP contribution in [0.4, 0.5) is 0 Å². The second kappa shape index (κ2) is 32.2. The number of aliphatic carboxylic acids is 1. The van der Waals surface area contributed by atoms with Crippen LogP contribution in [0.2, 0.25) is 0 Å². The van der Waals surface area contributed by atoms with Gasteiger partial charge in [-0.25, -0.2) is 4.98 Å². The number of carbonyl (C=O) groups is 10. The molecule has 79 heavy (non-hydrogen) atoms. The zero-order chi connectivity index (χ0) is 58.0. The smallest absolute Gasteiger partial charge is 0.303 e. The van der Waals surface area contributed by atoms with E-state index < -0.39 is 115 Å². The van der Waals surface area contributed by atoms with Crippen molar-refractivity contribution in [1.82, 2.24) is 57.4 Å². The van der Waals surface area contributed by atoms with Gasteiger partial charge in [0.05, 0.1) is 25.5 Å². The van der Waals surface area contributed by atoms with Crippen LogP contribution in [0.3, 0.4) is 0 Å². The first-order valence-electron chi connectivity index (χ1n) is 26.1. The molecule has 430 valence electrons. The van der Waals surface area contributed by atoms with Crippen molar-refractivity contribution in [3.8, 4) is 5.75 Å². The van der Waals surface area contributed by atoms with Crippen LogP contribution in [0.1, 0.15) is 82.5 Å². The predicted octanol–water partition coefficient (Wildman–Crippen LogP) is -2.78. The molecule has 17 N–H and O–H groups in total. The van der Waals surface area contributed by atoms with E-state index in [9.17, 15) is 53.1 Å². The van der Waals surface area contributed by atoms with Crippen LogP contribution < -0.4 is 59.7 Å². The zero-order valence-corrected chi connectivity index (χ0v) is 44.6. The van der Waals surface area contributed by atoms with Crippen LogP contribution in [-0.4, -0.2) is 165 Å². The number of aliphatic imine (C=N–C) groups is 1. The molecule has 2 aromatic carbocycles. The fraction of sp³-hybridized carbons (Fsp3) is 0.500. The number of carboxylic acid groups (broad SMARTS) is 1. The van der Waals surface area contributed by atoms with Crippen molar-refractivity contribution in [2.75, 3.05) is 32.7 Å². The molecule has 2 heterocycles. The quantitative estimate of drug-likeness (QED) is 0.0171. The summed E-state index contributed by atoms with van der Waals surface area (Å²) in [6.45, 7) is 4.84. The van der Waals surface area contributed by atoms with Gasteiger partial charge in [0.2, 0.25) is 53.2 Å². The molecule has 9 amide bonds. The second-order valence-electron chi connectivity index (χ2n) is 19.4. The number of nitrogens with zero attached hydrogens (tertiary/aromatic N) is 3. The fourth-order valence-corrected chi connectivity index (χ4v) is 8.53. The molecule has 7 atom stereocenters. The van der Waals surface area contributed by atoms with Gasteiger partial charge in [0.15, 0.2) is 5.96 Å². The Bertz CT molecular complexity index is 2560. The number of carbonyl (C=O) groups excluding carboxylic acids is 9. The number of amides is 9. The van der Waals surface area contributed by atoms with E-state index in [1.54, 1.807) is 37.3 Å². The lowest BCUT2D eigenvalue weighted by atomic mass is 10.0. The van der Waals surface area contributed by atoms with Gasteiger partial charge in [-0.2, -0.15) is 0 Å². The first-order valence-corrected chi connectivity index (χ1v) is 26.1. The number of rotatable bonds is 32. The number of phenolic OH excluding ortho intramolecular Hbond substituents is 1.